The number of anilines is 2. The van der Waals surface area contributed by atoms with E-state index in [0.717, 1.165) is 5.69 Å². The molecule has 140 valence electrons. The van der Waals surface area contributed by atoms with Gasteiger partial charge in [0.2, 0.25) is 0 Å². The SMILES string of the molecule is C[SiH](C)OC([C@H]1CN(c2ccc(N)nc2)CCN1C(=O)O)C(C)(C)C. The fraction of sp³-hybridized carbons (Fsp3) is 0.647. The van der Waals surface area contributed by atoms with Crippen LogP contribution in [0.15, 0.2) is 18.3 Å². The summed E-state index contributed by atoms with van der Waals surface area (Å²) in [6.45, 7) is 12.2. The van der Waals surface area contributed by atoms with E-state index in [9.17, 15) is 9.90 Å². The predicted molar refractivity (Wildman–Crippen MR) is 103 cm³/mol. The van der Waals surface area contributed by atoms with Gasteiger partial charge in [-0.1, -0.05) is 20.8 Å². The summed E-state index contributed by atoms with van der Waals surface area (Å²) >= 11 is 0. The van der Waals surface area contributed by atoms with Crippen molar-refractivity contribution in [2.45, 2.75) is 46.0 Å². The van der Waals surface area contributed by atoms with Crippen molar-refractivity contribution in [3.63, 3.8) is 0 Å². The first kappa shape index (κ1) is 19.5. The predicted octanol–water partition coefficient (Wildman–Crippen LogP) is 2.25. The van der Waals surface area contributed by atoms with E-state index in [-0.39, 0.29) is 17.6 Å². The Morgan fingerprint density at radius 1 is 1.40 bits per heavy atom. The van der Waals surface area contributed by atoms with Crippen LogP contribution in [0.2, 0.25) is 13.1 Å². The Balaban J connectivity index is 2.30. The molecule has 1 aliphatic rings. The highest BCUT2D eigenvalue weighted by Crippen LogP contribution is 2.31. The first-order chi connectivity index (χ1) is 11.6. The summed E-state index contributed by atoms with van der Waals surface area (Å²) in [6, 6.07) is 3.48. The first-order valence-corrected chi connectivity index (χ1v) is 11.5. The topological polar surface area (TPSA) is 91.9 Å². The van der Waals surface area contributed by atoms with Gasteiger partial charge in [-0.2, -0.15) is 0 Å². The molecule has 1 amide bonds. The van der Waals surface area contributed by atoms with E-state index >= 15 is 0 Å². The van der Waals surface area contributed by atoms with Gasteiger partial charge in [0.25, 0.3) is 0 Å². The number of amides is 1. The molecule has 1 aromatic rings. The van der Waals surface area contributed by atoms with Crippen molar-refractivity contribution in [1.29, 1.82) is 0 Å². The third kappa shape index (κ3) is 4.85. The summed E-state index contributed by atoms with van der Waals surface area (Å²) in [6.07, 6.45) is 0.704. The van der Waals surface area contributed by atoms with Crippen molar-refractivity contribution in [3.8, 4) is 0 Å². The van der Waals surface area contributed by atoms with Gasteiger partial charge in [-0.15, -0.1) is 0 Å². The lowest BCUT2D eigenvalue weighted by Crippen LogP contribution is -2.62. The maximum absolute atomic E-state index is 11.8. The number of aromatic nitrogens is 1. The minimum absolute atomic E-state index is 0.153. The molecule has 0 radical (unpaired) electrons. The van der Waals surface area contributed by atoms with Crippen molar-refractivity contribution < 1.29 is 14.3 Å². The highest BCUT2D eigenvalue weighted by Gasteiger charge is 2.42. The van der Waals surface area contributed by atoms with Gasteiger partial charge in [0.05, 0.1) is 24.0 Å². The fourth-order valence-electron chi connectivity index (χ4n) is 3.29. The van der Waals surface area contributed by atoms with Crippen molar-refractivity contribution in [2.24, 2.45) is 5.41 Å². The standard InChI is InChI=1S/C17H30N4O3Si/c1-17(2,3)15(24-25(4)5)13-11-20(8-9-21(13)16(22)23)12-6-7-14(18)19-10-12/h6-7,10,13,15,25H,8-9,11H2,1-5H3,(H2,18,19)(H,22,23)/t13-,15?/m1/s1. The first-order valence-electron chi connectivity index (χ1n) is 8.71. The lowest BCUT2D eigenvalue weighted by atomic mass is 9.83. The highest BCUT2D eigenvalue weighted by molar-refractivity contribution is 6.48. The molecule has 0 bridgehead atoms. The van der Waals surface area contributed by atoms with Crippen LogP contribution in [0.3, 0.4) is 0 Å². The third-order valence-electron chi connectivity index (χ3n) is 4.42. The number of rotatable bonds is 4. The Kier molecular flexibility index (Phi) is 5.94. The summed E-state index contributed by atoms with van der Waals surface area (Å²) in [5, 5.41) is 9.68. The number of nitrogen functional groups attached to an aromatic ring is 1. The molecule has 7 nitrogen and oxygen atoms in total. The van der Waals surface area contributed by atoms with Gasteiger partial charge in [-0.3, -0.25) is 4.90 Å². The molecule has 8 heteroatoms. The second-order valence-corrected chi connectivity index (χ2v) is 10.3. The van der Waals surface area contributed by atoms with E-state index < -0.39 is 15.1 Å². The maximum atomic E-state index is 11.8. The number of piperazine rings is 1. The van der Waals surface area contributed by atoms with Gasteiger partial charge in [-0.25, -0.2) is 9.78 Å². The highest BCUT2D eigenvalue weighted by atomic mass is 28.3. The van der Waals surface area contributed by atoms with Crippen molar-refractivity contribution in [1.82, 2.24) is 9.88 Å². The second-order valence-electron chi connectivity index (χ2n) is 7.90. The second kappa shape index (κ2) is 7.61. The Morgan fingerprint density at radius 2 is 2.08 bits per heavy atom. The van der Waals surface area contributed by atoms with Crippen LogP contribution in [0.4, 0.5) is 16.3 Å². The monoisotopic (exact) mass is 366 g/mol. The van der Waals surface area contributed by atoms with Crippen LogP contribution in [-0.2, 0) is 4.43 Å². The zero-order chi connectivity index (χ0) is 18.8. The summed E-state index contributed by atoms with van der Waals surface area (Å²) in [5.41, 5.74) is 6.48. The Hall–Kier alpha value is -1.80. The maximum Gasteiger partial charge on any atom is 0.407 e. The van der Waals surface area contributed by atoms with Crippen LogP contribution in [0.25, 0.3) is 0 Å². The van der Waals surface area contributed by atoms with Crippen LogP contribution in [0, 0.1) is 5.41 Å². The summed E-state index contributed by atoms with van der Waals surface area (Å²) < 4.78 is 6.31. The van der Waals surface area contributed by atoms with Crippen LogP contribution in [-0.4, -0.2) is 61.9 Å². The van der Waals surface area contributed by atoms with Gasteiger partial charge in [0.1, 0.15) is 5.82 Å². The Labute approximate surface area is 151 Å². The number of nitrogens with zero attached hydrogens (tertiary/aromatic N) is 3. The quantitative estimate of drug-likeness (QED) is 0.794. The number of nitrogens with two attached hydrogens (primary N) is 1. The molecule has 1 aromatic heterocycles. The van der Waals surface area contributed by atoms with E-state index in [1.165, 1.54) is 4.90 Å². The molecule has 0 aliphatic carbocycles. The van der Waals surface area contributed by atoms with Gasteiger partial charge in [0.15, 0.2) is 9.04 Å². The van der Waals surface area contributed by atoms with Crippen LogP contribution in [0.5, 0.6) is 0 Å². The number of pyridine rings is 1. The molecular weight excluding hydrogens is 336 g/mol. The normalized spacial score (nSPS) is 20.0. The molecule has 1 aliphatic heterocycles. The number of carbonyl (C=O) groups is 1. The fourth-order valence-corrected chi connectivity index (χ4v) is 4.47. The lowest BCUT2D eigenvalue weighted by molar-refractivity contribution is -0.00162. The van der Waals surface area contributed by atoms with E-state index in [1.807, 2.05) is 6.07 Å². The Morgan fingerprint density at radius 3 is 2.56 bits per heavy atom. The van der Waals surface area contributed by atoms with Crippen molar-refractivity contribution in [3.05, 3.63) is 18.3 Å². The van der Waals surface area contributed by atoms with Crippen molar-refractivity contribution >= 4 is 26.6 Å². The van der Waals surface area contributed by atoms with Gasteiger partial charge in [-0.05, 0) is 30.6 Å². The van der Waals surface area contributed by atoms with Gasteiger partial charge < -0.3 is 20.2 Å². The lowest BCUT2D eigenvalue weighted by Gasteiger charge is -2.48. The summed E-state index contributed by atoms with van der Waals surface area (Å²) in [7, 11) is -1.33. The molecule has 0 aromatic carbocycles. The molecule has 1 saturated heterocycles. The zero-order valence-corrected chi connectivity index (χ0v) is 16.9. The molecule has 2 atom stereocenters. The van der Waals surface area contributed by atoms with Crippen LogP contribution >= 0.6 is 0 Å². The van der Waals surface area contributed by atoms with Gasteiger partial charge in [0, 0.05) is 19.6 Å². The summed E-state index contributed by atoms with van der Waals surface area (Å²) in [5.74, 6) is 0.478. The molecule has 25 heavy (non-hydrogen) atoms. The molecule has 1 fully saturated rings. The molecule has 0 saturated carbocycles. The average Bonchev–Trinajstić information content (AvgIpc) is 2.51. The Bertz CT molecular complexity index is 589. The molecular formula is C17H30N4O3Si. The molecule has 3 N–H and O–H groups in total. The van der Waals surface area contributed by atoms with E-state index in [1.54, 1.807) is 12.3 Å². The smallest absolute Gasteiger partial charge is 0.407 e. The van der Waals surface area contributed by atoms with Crippen LogP contribution in [0.1, 0.15) is 20.8 Å². The summed E-state index contributed by atoms with van der Waals surface area (Å²) in [4.78, 5) is 19.7. The molecule has 2 rings (SSSR count). The number of hydrogen-bond donors (Lipinski definition) is 2. The van der Waals surface area contributed by atoms with Crippen LogP contribution < -0.4 is 10.6 Å². The number of carboxylic acid groups (broad SMARTS) is 1. The minimum Gasteiger partial charge on any atom is -0.465 e. The zero-order valence-electron chi connectivity index (χ0n) is 15.8. The molecule has 1 unspecified atom stereocenters. The molecule has 2 heterocycles. The van der Waals surface area contributed by atoms with E-state index in [4.69, 9.17) is 10.2 Å². The number of hydrogen-bond acceptors (Lipinski definition) is 5. The third-order valence-corrected chi connectivity index (χ3v) is 5.26. The average molecular weight is 367 g/mol. The van der Waals surface area contributed by atoms with Gasteiger partial charge >= 0.3 is 6.09 Å². The molecule has 0 spiro atoms. The van der Waals surface area contributed by atoms with Crippen molar-refractivity contribution in [2.75, 3.05) is 30.3 Å². The van der Waals surface area contributed by atoms with E-state index in [0.29, 0.717) is 25.5 Å². The minimum atomic E-state index is -1.33. The largest absolute Gasteiger partial charge is 0.465 e. The van der Waals surface area contributed by atoms with E-state index in [2.05, 4.69) is 43.7 Å².